The molecule has 1 aromatic heterocycles. The van der Waals surface area contributed by atoms with Gasteiger partial charge in [-0.1, -0.05) is 23.2 Å². The van der Waals surface area contributed by atoms with Gasteiger partial charge in [-0.15, -0.1) is 0 Å². The van der Waals surface area contributed by atoms with Crippen LogP contribution in [0.25, 0.3) is 0 Å². The molecule has 0 atom stereocenters. The molecule has 5 heteroatoms. The van der Waals surface area contributed by atoms with Crippen molar-refractivity contribution in [2.24, 2.45) is 0 Å². The monoisotopic (exact) mass is 268 g/mol. The fourth-order valence-electron chi connectivity index (χ4n) is 1.35. The van der Waals surface area contributed by atoms with Crippen LogP contribution in [-0.4, -0.2) is 4.98 Å². The SMILES string of the molecule is Cc1cc(N)cnc1Oc1cc(Cl)ccc1Cl. The molecule has 0 spiro atoms. The Bertz CT molecular complexity index is 558. The first kappa shape index (κ1) is 12.0. The van der Waals surface area contributed by atoms with Crippen molar-refractivity contribution in [2.45, 2.75) is 6.92 Å². The lowest BCUT2D eigenvalue weighted by Crippen LogP contribution is -1.94. The summed E-state index contributed by atoms with van der Waals surface area (Å²) in [6, 6.07) is 6.79. The second-order valence-corrected chi connectivity index (χ2v) is 4.41. The molecule has 0 aliphatic heterocycles. The molecule has 0 unspecified atom stereocenters. The van der Waals surface area contributed by atoms with Gasteiger partial charge in [0.15, 0.2) is 0 Å². The van der Waals surface area contributed by atoms with E-state index in [1.165, 1.54) is 6.20 Å². The molecule has 0 radical (unpaired) electrons. The number of aryl methyl sites for hydroxylation is 1. The van der Waals surface area contributed by atoms with E-state index in [0.29, 0.717) is 27.4 Å². The number of nitrogen functional groups attached to an aromatic ring is 1. The third-order valence-corrected chi connectivity index (χ3v) is 2.70. The van der Waals surface area contributed by atoms with Gasteiger partial charge in [0.1, 0.15) is 5.75 Å². The summed E-state index contributed by atoms with van der Waals surface area (Å²) in [7, 11) is 0. The Balaban J connectivity index is 2.34. The molecule has 0 saturated heterocycles. The van der Waals surface area contributed by atoms with Crippen molar-refractivity contribution in [3.8, 4) is 11.6 Å². The van der Waals surface area contributed by atoms with Gasteiger partial charge in [0, 0.05) is 16.7 Å². The molecular weight excluding hydrogens is 259 g/mol. The van der Waals surface area contributed by atoms with E-state index in [2.05, 4.69) is 4.98 Å². The van der Waals surface area contributed by atoms with E-state index < -0.39 is 0 Å². The second kappa shape index (κ2) is 4.82. The summed E-state index contributed by atoms with van der Waals surface area (Å²) in [4.78, 5) is 4.09. The molecule has 2 N–H and O–H groups in total. The summed E-state index contributed by atoms with van der Waals surface area (Å²) < 4.78 is 5.59. The Kier molecular flexibility index (Phi) is 3.41. The number of anilines is 1. The zero-order chi connectivity index (χ0) is 12.4. The number of hydrogen-bond acceptors (Lipinski definition) is 3. The number of benzene rings is 1. The zero-order valence-corrected chi connectivity index (χ0v) is 10.6. The Morgan fingerprint density at radius 1 is 1.24 bits per heavy atom. The molecule has 0 fully saturated rings. The fraction of sp³-hybridized carbons (Fsp3) is 0.0833. The number of ether oxygens (including phenoxy) is 1. The molecule has 1 aromatic carbocycles. The van der Waals surface area contributed by atoms with Crippen LogP contribution in [0.15, 0.2) is 30.5 Å². The molecule has 0 aliphatic carbocycles. The molecular formula is C12H10Cl2N2O. The van der Waals surface area contributed by atoms with Crippen LogP contribution in [0, 0.1) is 6.92 Å². The molecule has 17 heavy (non-hydrogen) atoms. The second-order valence-electron chi connectivity index (χ2n) is 3.57. The van der Waals surface area contributed by atoms with Crippen LogP contribution in [0.4, 0.5) is 5.69 Å². The maximum Gasteiger partial charge on any atom is 0.222 e. The minimum Gasteiger partial charge on any atom is -0.437 e. The summed E-state index contributed by atoms with van der Waals surface area (Å²) in [6.07, 6.45) is 1.53. The van der Waals surface area contributed by atoms with E-state index in [-0.39, 0.29) is 0 Å². The number of pyridine rings is 1. The smallest absolute Gasteiger partial charge is 0.222 e. The van der Waals surface area contributed by atoms with Crippen molar-refractivity contribution < 1.29 is 4.74 Å². The predicted octanol–water partition coefficient (Wildman–Crippen LogP) is 4.07. The summed E-state index contributed by atoms with van der Waals surface area (Å²) in [5.41, 5.74) is 7.03. The highest BCUT2D eigenvalue weighted by atomic mass is 35.5. The first-order chi connectivity index (χ1) is 8.06. The van der Waals surface area contributed by atoms with Gasteiger partial charge in [0.05, 0.1) is 16.9 Å². The molecule has 0 saturated carbocycles. The van der Waals surface area contributed by atoms with E-state index >= 15 is 0 Å². The summed E-state index contributed by atoms with van der Waals surface area (Å²) in [5, 5.41) is 1.03. The molecule has 0 bridgehead atoms. The van der Waals surface area contributed by atoms with Gasteiger partial charge < -0.3 is 10.5 Å². The third kappa shape index (κ3) is 2.81. The fourth-order valence-corrected chi connectivity index (χ4v) is 1.67. The van der Waals surface area contributed by atoms with Crippen molar-refractivity contribution >= 4 is 28.9 Å². The number of nitrogens with zero attached hydrogens (tertiary/aromatic N) is 1. The highest BCUT2D eigenvalue weighted by Crippen LogP contribution is 2.32. The highest BCUT2D eigenvalue weighted by molar-refractivity contribution is 6.34. The summed E-state index contributed by atoms with van der Waals surface area (Å²) >= 11 is 11.9. The number of hydrogen-bond donors (Lipinski definition) is 1. The van der Waals surface area contributed by atoms with Crippen LogP contribution < -0.4 is 10.5 Å². The molecule has 2 aromatic rings. The largest absolute Gasteiger partial charge is 0.437 e. The van der Waals surface area contributed by atoms with Crippen molar-refractivity contribution in [2.75, 3.05) is 5.73 Å². The molecule has 0 amide bonds. The third-order valence-electron chi connectivity index (χ3n) is 2.15. The van der Waals surface area contributed by atoms with Gasteiger partial charge in [0.2, 0.25) is 5.88 Å². The molecule has 2 rings (SSSR count). The minimum atomic E-state index is 0.461. The normalized spacial score (nSPS) is 10.3. The van der Waals surface area contributed by atoms with Crippen molar-refractivity contribution in [1.29, 1.82) is 0 Å². The van der Waals surface area contributed by atoms with Crippen LogP contribution >= 0.6 is 23.2 Å². The van der Waals surface area contributed by atoms with Gasteiger partial charge >= 0.3 is 0 Å². The van der Waals surface area contributed by atoms with E-state index in [1.54, 1.807) is 24.3 Å². The van der Waals surface area contributed by atoms with Crippen LogP contribution in [0.2, 0.25) is 10.0 Å². The van der Waals surface area contributed by atoms with Crippen LogP contribution in [0.5, 0.6) is 11.6 Å². The number of nitrogens with two attached hydrogens (primary N) is 1. The minimum absolute atomic E-state index is 0.461. The van der Waals surface area contributed by atoms with Gasteiger partial charge in [-0.2, -0.15) is 0 Å². The number of rotatable bonds is 2. The van der Waals surface area contributed by atoms with Crippen molar-refractivity contribution in [3.05, 3.63) is 46.1 Å². The van der Waals surface area contributed by atoms with E-state index in [4.69, 9.17) is 33.7 Å². The first-order valence-corrected chi connectivity index (χ1v) is 5.67. The van der Waals surface area contributed by atoms with E-state index in [9.17, 15) is 0 Å². The summed E-state index contributed by atoms with van der Waals surface area (Å²) in [5.74, 6) is 0.933. The lowest BCUT2D eigenvalue weighted by atomic mass is 10.3. The van der Waals surface area contributed by atoms with Crippen LogP contribution in [0.3, 0.4) is 0 Å². The first-order valence-electron chi connectivity index (χ1n) is 4.91. The Morgan fingerprint density at radius 3 is 2.71 bits per heavy atom. The highest BCUT2D eigenvalue weighted by Gasteiger charge is 2.07. The molecule has 3 nitrogen and oxygen atoms in total. The maximum atomic E-state index is 5.99. The zero-order valence-electron chi connectivity index (χ0n) is 9.08. The quantitative estimate of drug-likeness (QED) is 0.893. The lowest BCUT2D eigenvalue weighted by Gasteiger charge is -2.09. The maximum absolute atomic E-state index is 5.99. The van der Waals surface area contributed by atoms with Crippen molar-refractivity contribution in [1.82, 2.24) is 4.98 Å². The molecule has 1 heterocycles. The Morgan fingerprint density at radius 2 is 2.00 bits per heavy atom. The Labute approximate surface area is 109 Å². The van der Waals surface area contributed by atoms with Gasteiger partial charge in [-0.05, 0) is 25.1 Å². The number of halogens is 2. The molecule has 88 valence electrons. The van der Waals surface area contributed by atoms with Crippen LogP contribution in [-0.2, 0) is 0 Å². The van der Waals surface area contributed by atoms with Crippen molar-refractivity contribution in [3.63, 3.8) is 0 Å². The topological polar surface area (TPSA) is 48.1 Å². The van der Waals surface area contributed by atoms with E-state index in [1.807, 2.05) is 6.92 Å². The average molecular weight is 269 g/mol. The van der Waals surface area contributed by atoms with Gasteiger partial charge in [0.25, 0.3) is 0 Å². The predicted molar refractivity (Wildman–Crippen MR) is 69.9 cm³/mol. The number of aromatic nitrogens is 1. The van der Waals surface area contributed by atoms with Gasteiger partial charge in [-0.3, -0.25) is 0 Å². The standard InChI is InChI=1S/C12H10Cl2N2O/c1-7-4-9(15)6-16-12(7)17-11-5-8(13)2-3-10(11)14/h2-6H,15H2,1H3. The molecule has 0 aliphatic rings. The lowest BCUT2D eigenvalue weighted by molar-refractivity contribution is 0.459. The Hall–Kier alpha value is -1.45. The average Bonchev–Trinajstić information content (AvgIpc) is 2.27. The van der Waals surface area contributed by atoms with E-state index in [0.717, 1.165) is 5.56 Å². The van der Waals surface area contributed by atoms with Gasteiger partial charge in [-0.25, -0.2) is 4.98 Å². The van der Waals surface area contributed by atoms with Crippen LogP contribution in [0.1, 0.15) is 5.56 Å². The summed E-state index contributed by atoms with van der Waals surface area (Å²) in [6.45, 7) is 1.86.